The molecule has 8 nitrogen and oxygen atoms in total. The molecule has 1 N–H and O–H groups in total. The van der Waals surface area contributed by atoms with Crippen LogP contribution in [0.1, 0.15) is 42.6 Å². The fourth-order valence-electron chi connectivity index (χ4n) is 3.48. The lowest BCUT2D eigenvalue weighted by Gasteiger charge is -2.33. The van der Waals surface area contributed by atoms with Gasteiger partial charge in [-0.05, 0) is 50.8 Å². The first-order valence-corrected chi connectivity index (χ1v) is 8.93. The van der Waals surface area contributed by atoms with E-state index in [9.17, 15) is 9.59 Å². The Hall–Kier alpha value is -3.16. The van der Waals surface area contributed by atoms with Crippen LogP contribution in [0.5, 0.6) is 0 Å². The van der Waals surface area contributed by atoms with Crippen molar-refractivity contribution in [3.05, 3.63) is 52.0 Å². The normalized spacial score (nSPS) is 17.3. The van der Waals surface area contributed by atoms with Crippen LogP contribution in [0.2, 0.25) is 0 Å². The second-order valence-electron chi connectivity index (χ2n) is 6.77. The van der Waals surface area contributed by atoms with Crippen LogP contribution in [0.15, 0.2) is 38.0 Å². The SMILES string of the molecule is Cc1noc([C@H]2CCCCN2C(=O)Nc2ccc3c(C)cc(=O)oc3c2)n1. The molecule has 3 aromatic rings. The summed E-state index contributed by atoms with van der Waals surface area (Å²) in [6.45, 7) is 4.22. The highest BCUT2D eigenvalue weighted by Gasteiger charge is 2.32. The minimum atomic E-state index is -0.411. The minimum absolute atomic E-state index is 0.236. The van der Waals surface area contributed by atoms with Crippen molar-refractivity contribution in [3.63, 3.8) is 0 Å². The van der Waals surface area contributed by atoms with Crippen molar-refractivity contribution in [1.82, 2.24) is 15.0 Å². The van der Waals surface area contributed by atoms with Gasteiger partial charge >= 0.3 is 11.7 Å². The van der Waals surface area contributed by atoms with Gasteiger partial charge in [-0.3, -0.25) is 0 Å². The lowest BCUT2D eigenvalue weighted by molar-refractivity contribution is 0.142. The van der Waals surface area contributed by atoms with E-state index in [0.717, 1.165) is 30.2 Å². The Kier molecular flexibility index (Phi) is 4.39. The van der Waals surface area contributed by atoms with Crippen molar-refractivity contribution in [2.24, 2.45) is 0 Å². The molecule has 2 aromatic heterocycles. The zero-order valence-corrected chi connectivity index (χ0v) is 15.2. The Morgan fingerprint density at radius 2 is 2.11 bits per heavy atom. The number of carbonyl (C=O) groups excluding carboxylic acids is 1. The van der Waals surface area contributed by atoms with Gasteiger partial charge in [-0.15, -0.1) is 0 Å². The molecule has 3 heterocycles. The van der Waals surface area contributed by atoms with Crippen molar-refractivity contribution in [2.75, 3.05) is 11.9 Å². The fourth-order valence-corrected chi connectivity index (χ4v) is 3.48. The maximum atomic E-state index is 12.9. The van der Waals surface area contributed by atoms with E-state index < -0.39 is 5.63 Å². The summed E-state index contributed by atoms with van der Waals surface area (Å²) in [6, 6.07) is 6.26. The second-order valence-corrected chi connectivity index (χ2v) is 6.77. The molecule has 1 aromatic carbocycles. The number of nitrogens with one attached hydrogen (secondary N) is 1. The molecule has 1 fully saturated rings. The Labute approximate surface area is 155 Å². The van der Waals surface area contributed by atoms with Crippen LogP contribution in [-0.4, -0.2) is 27.6 Å². The van der Waals surface area contributed by atoms with Crippen molar-refractivity contribution < 1.29 is 13.7 Å². The first-order chi connectivity index (χ1) is 13.0. The molecule has 0 radical (unpaired) electrons. The zero-order valence-electron chi connectivity index (χ0n) is 15.2. The van der Waals surface area contributed by atoms with Gasteiger partial charge < -0.3 is 19.2 Å². The second kappa shape index (κ2) is 6.86. The number of carbonyl (C=O) groups is 1. The molecule has 0 saturated carbocycles. The van der Waals surface area contributed by atoms with E-state index in [0.29, 0.717) is 29.5 Å². The van der Waals surface area contributed by atoms with E-state index >= 15 is 0 Å². The number of fused-ring (bicyclic) bond motifs is 1. The summed E-state index contributed by atoms with van der Waals surface area (Å²) in [5.41, 5.74) is 1.43. The predicted octanol–water partition coefficient (Wildman–Crippen LogP) is 3.55. The molecule has 2 amide bonds. The largest absolute Gasteiger partial charge is 0.423 e. The van der Waals surface area contributed by atoms with Crippen LogP contribution >= 0.6 is 0 Å². The van der Waals surface area contributed by atoms with E-state index in [1.807, 2.05) is 13.0 Å². The van der Waals surface area contributed by atoms with Crippen molar-refractivity contribution in [2.45, 2.75) is 39.2 Å². The number of aromatic nitrogens is 2. The molecule has 1 saturated heterocycles. The number of nitrogens with zero attached hydrogens (tertiary/aromatic N) is 3. The van der Waals surface area contributed by atoms with E-state index in [1.165, 1.54) is 6.07 Å². The Bertz CT molecular complexity index is 1060. The summed E-state index contributed by atoms with van der Waals surface area (Å²) >= 11 is 0. The van der Waals surface area contributed by atoms with E-state index in [1.54, 1.807) is 24.0 Å². The van der Waals surface area contributed by atoms with Gasteiger partial charge in [0.05, 0.1) is 0 Å². The van der Waals surface area contributed by atoms with Crippen LogP contribution in [-0.2, 0) is 0 Å². The van der Waals surface area contributed by atoms with Crippen LogP contribution in [0.25, 0.3) is 11.0 Å². The lowest BCUT2D eigenvalue weighted by atomic mass is 10.0. The quantitative estimate of drug-likeness (QED) is 0.694. The molecule has 1 aliphatic rings. The summed E-state index contributed by atoms with van der Waals surface area (Å²) in [6.07, 6.45) is 2.69. The molecular weight excluding hydrogens is 348 g/mol. The number of rotatable bonds is 2. The van der Waals surface area contributed by atoms with Crippen LogP contribution < -0.4 is 10.9 Å². The molecule has 0 aliphatic carbocycles. The van der Waals surface area contributed by atoms with E-state index in [2.05, 4.69) is 15.5 Å². The molecule has 4 rings (SSSR count). The third-order valence-electron chi connectivity index (χ3n) is 4.79. The maximum Gasteiger partial charge on any atom is 0.336 e. The minimum Gasteiger partial charge on any atom is -0.423 e. The molecule has 8 heteroatoms. The number of aryl methyl sites for hydroxylation is 2. The van der Waals surface area contributed by atoms with Crippen molar-refractivity contribution in [1.29, 1.82) is 0 Å². The number of anilines is 1. The number of hydrogen-bond acceptors (Lipinski definition) is 6. The Morgan fingerprint density at radius 1 is 1.26 bits per heavy atom. The first kappa shape index (κ1) is 17.3. The number of likely N-dealkylation sites (tertiary alicyclic amines) is 1. The Balaban J connectivity index is 1.58. The highest BCUT2D eigenvalue weighted by atomic mass is 16.5. The van der Waals surface area contributed by atoms with Crippen molar-refractivity contribution in [3.8, 4) is 0 Å². The molecule has 0 bridgehead atoms. The van der Waals surface area contributed by atoms with E-state index in [4.69, 9.17) is 8.94 Å². The predicted molar refractivity (Wildman–Crippen MR) is 98.6 cm³/mol. The smallest absolute Gasteiger partial charge is 0.336 e. The zero-order chi connectivity index (χ0) is 19.0. The van der Waals surface area contributed by atoms with Gasteiger partial charge in [0.2, 0.25) is 5.89 Å². The first-order valence-electron chi connectivity index (χ1n) is 8.93. The maximum absolute atomic E-state index is 12.9. The highest BCUT2D eigenvalue weighted by Crippen LogP contribution is 2.30. The van der Waals surface area contributed by atoms with Gasteiger partial charge in [-0.2, -0.15) is 4.98 Å². The molecule has 1 atom stereocenters. The molecule has 0 spiro atoms. The van der Waals surface area contributed by atoms with Crippen molar-refractivity contribution >= 4 is 22.7 Å². The molecule has 27 heavy (non-hydrogen) atoms. The number of amides is 2. The Morgan fingerprint density at radius 3 is 2.89 bits per heavy atom. The van der Waals surface area contributed by atoms with E-state index in [-0.39, 0.29) is 12.1 Å². The van der Waals surface area contributed by atoms with Gasteiger partial charge in [0.25, 0.3) is 0 Å². The molecule has 1 aliphatic heterocycles. The molecule has 140 valence electrons. The number of urea groups is 1. The topological polar surface area (TPSA) is 101 Å². The highest BCUT2D eigenvalue weighted by molar-refractivity contribution is 5.92. The van der Waals surface area contributed by atoms with Gasteiger partial charge in [-0.25, -0.2) is 9.59 Å². The number of hydrogen-bond donors (Lipinski definition) is 1. The summed E-state index contributed by atoms with van der Waals surface area (Å²) in [5.74, 6) is 1.01. The van der Waals surface area contributed by atoms with Gasteiger partial charge in [0, 0.05) is 29.8 Å². The third-order valence-corrected chi connectivity index (χ3v) is 4.79. The van der Waals surface area contributed by atoms with Crippen LogP contribution in [0.3, 0.4) is 0 Å². The number of benzene rings is 1. The lowest BCUT2D eigenvalue weighted by Crippen LogP contribution is -2.41. The summed E-state index contributed by atoms with van der Waals surface area (Å²) in [4.78, 5) is 30.5. The fraction of sp³-hybridized carbons (Fsp3) is 0.368. The third kappa shape index (κ3) is 3.42. The summed E-state index contributed by atoms with van der Waals surface area (Å²) < 4.78 is 10.5. The molecule has 0 unspecified atom stereocenters. The summed E-state index contributed by atoms with van der Waals surface area (Å²) in [7, 11) is 0. The average molecular weight is 368 g/mol. The van der Waals surface area contributed by atoms with Gasteiger partial charge in [-0.1, -0.05) is 5.16 Å². The monoisotopic (exact) mass is 368 g/mol. The molecular formula is C19H20N4O4. The van der Waals surface area contributed by atoms with Gasteiger partial charge in [0.1, 0.15) is 11.6 Å². The average Bonchev–Trinajstić information content (AvgIpc) is 3.07. The van der Waals surface area contributed by atoms with Crippen LogP contribution in [0, 0.1) is 13.8 Å². The van der Waals surface area contributed by atoms with Crippen LogP contribution in [0.4, 0.5) is 10.5 Å². The van der Waals surface area contributed by atoms with Gasteiger partial charge in [0.15, 0.2) is 5.82 Å². The number of piperidine rings is 1. The summed E-state index contributed by atoms with van der Waals surface area (Å²) in [5, 5.41) is 7.56. The standard InChI is InChI=1S/C19H20N4O4/c1-11-9-17(24)26-16-10-13(6-7-14(11)16)21-19(25)23-8-4-3-5-15(23)18-20-12(2)22-27-18/h6-7,9-10,15H,3-5,8H2,1-2H3,(H,21,25)/t15-/m1/s1.